The molecule has 0 bridgehead atoms. The summed E-state index contributed by atoms with van der Waals surface area (Å²) in [5.41, 5.74) is 0. The minimum absolute atomic E-state index is 0.312. The van der Waals surface area contributed by atoms with Crippen LogP contribution in [-0.2, 0) is 10.0 Å². The van der Waals surface area contributed by atoms with E-state index in [1.165, 1.54) is 19.3 Å². The van der Waals surface area contributed by atoms with Crippen molar-refractivity contribution >= 4 is 10.0 Å². The fourth-order valence-corrected chi connectivity index (χ4v) is 5.39. The number of piperidine rings is 1. The summed E-state index contributed by atoms with van der Waals surface area (Å²) >= 11 is 0. The lowest BCUT2D eigenvalue weighted by Gasteiger charge is -2.36. The third-order valence-corrected chi connectivity index (χ3v) is 6.45. The van der Waals surface area contributed by atoms with Crippen LogP contribution >= 0.6 is 0 Å². The fourth-order valence-electron chi connectivity index (χ4n) is 3.55. The summed E-state index contributed by atoms with van der Waals surface area (Å²) in [7, 11) is -3.03. The molecule has 19 heavy (non-hydrogen) atoms. The molecule has 1 heterocycles. The number of rotatable bonds is 7. The van der Waals surface area contributed by atoms with Crippen LogP contribution in [0.1, 0.15) is 51.9 Å². The normalized spacial score (nSPS) is 28.5. The standard InChI is InChI=1S/C14H28N2O2S/c1-2-9-15-10-5-12-19(17,18)16-11-4-7-13-6-3-8-14(13)16/h13-15H,2-12H2,1H3. The maximum absolute atomic E-state index is 12.5. The van der Waals surface area contributed by atoms with E-state index in [1.54, 1.807) is 0 Å². The number of sulfonamides is 1. The van der Waals surface area contributed by atoms with Crippen molar-refractivity contribution in [2.75, 3.05) is 25.4 Å². The maximum atomic E-state index is 12.5. The molecule has 2 unspecified atom stereocenters. The second-order valence-electron chi connectivity index (χ2n) is 5.93. The highest BCUT2D eigenvalue weighted by molar-refractivity contribution is 7.89. The number of hydrogen-bond acceptors (Lipinski definition) is 3. The van der Waals surface area contributed by atoms with Gasteiger partial charge >= 0.3 is 0 Å². The zero-order valence-corrected chi connectivity index (χ0v) is 12.9. The van der Waals surface area contributed by atoms with Crippen molar-refractivity contribution in [3.8, 4) is 0 Å². The Hall–Kier alpha value is -0.130. The van der Waals surface area contributed by atoms with Crippen LogP contribution in [0.15, 0.2) is 0 Å². The Bertz CT molecular complexity index is 370. The van der Waals surface area contributed by atoms with Crippen LogP contribution in [0.5, 0.6) is 0 Å². The van der Waals surface area contributed by atoms with Gasteiger partial charge in [-0.05, 0) is 57.5 Å². The van der Waals surface area contributed by atoms with Crippen molar-refractivity contribution in [1.29, 1.82) is 0 Å². The van der Waals surface area contributed by atoms with Crippen molar-refractivity contribution in [1.82, 2.24) is 9.62 Å². The predicted molar refractivity (Wildman–Crippen MR) is 78.6 cm³/mol. The highest BCUT2D eigenvalue weighted by Crippen LogP contribution is 2.38. The highest BCUT2D eigenvalue weighted by atomic mass is 32.2. The monoisotopic (exact) mass is 288 g/mol. The van der Waals surface area contributed by atoms with E-state index in [9.17, 15) is 8.42 Å². The van der Waals surface area contributed by atoms with Crippen LogP contribution < -0.4 is 5.32 Å². The van der Waals surface area contributed by atoms with Gasteiger partial charge in [-0.15, -0.1) is 0 Å². The molecular formula is C14H28N2O2S. The van der Waals surface area contributed by atoms with Gasteiger partial charge in [0.1, 0.15) is 0 Å². The molecule has 1 saturated heterocycles. The second kappa shape index (κ2) is 7.04. The molecule has 4 nitrogen and oxygen atoms in total. The van der Waals surface area contributed by atoms with Crippen LogP contribution in [0.25, 0.3) is 0 Å². The topological polar surface area (TPSA) is 49.4 Å². The Labute approximate surface area is 118 Å². The van der Waals surface area contributed by atoms with E-state index in [4.69, 9.17) is 0 Å². The lowest BCUT2D eigenvalue weighted by molar-refractivity contribution is 0.202. The molecule has 5 heteroatoms. The summed E-state index contributed by atoms with van der Waals surface area (Å²) in [5, 5.41) is 3.27. The van der Waals surface area contributed by atoms with E-state index in [0.717, 1.165) is 45.3 Å². The first-order valence-electron chi connectivity index (χ1n) is 7.85. The Balaban J connectivity index is 1.84. The Morgan fingerprint density at radius 3 is 2.74 bits per heavy atom. The van der Waals surface area contributed by atoms with E-state index < -0.39 is 10.0 Å². The Morgan fingerprint density at radius 2 is 1.95 bits per heavy atom. The molecule has 2 aliphatic rings. The quantitative estimate of drug-likeness (QED) is 0.729. The Morgan fingerprint density at radius 1 is 1.16 bits per heavy atom. The van der Waals surface area contributed by atoms with Crippen LogP contribution in [0.2, 0.25) is 0 Å². The summed E-state index contributed by atoms with van der Waals surface area (Å²) < 4.78 is 26.8. The minimum atomic E-state index is -3.03. The molecule has 2 rings (SSSR count). The summed E-state index contributed by atoms with van der Waals surface area (Å²) in [6.45, 7) is 4.67. The largest absolute Gasteiger partial charge is 0.317 e. The molecule has 2 atom stereocenters. The molecule has 2 fully saturated rings. The molecule has 112 valence electrons. The molecular weight excluding hydrogens is 260 g/mol. The van der Waals surface area contributed by atoms with Gasteiger partial charge in [0.05, 0.1) is 5.75 Å². The molecule has 1 saturated carbocycles. The number of fused-ring (bicyclic) bond motifs is 1. The summed E-state index contributed by atoms with van der Waals surface area (Å²) in [5.74, 6) is 0.953. The number of hydrogen-bond donors (Lipinski definition) is 1. The lowest BCUT2D eigenvalue weighted by atomic mass is 9.94. The summed E-state index contributed by atoms with van der Waals surface area (Å²) in [6, 6.07) is 0.322. The van der Waals surface area contributed by atoms with Crippen molar-refractivity contribution in [3.63, 3.8) is 0 Å². The zero-order chi connectivity index (χ0) is 13.7. The average molecular weight is 288 g/mol. The van der Waals surface area contributed by atoms with E-state index in [0.29, 0.717) is 17.7 Å². The number of nitrogens with one attached hydrogen (secondary N) is 1. The van der Waals surface area contributed by atoms with Gasteiger partial charge in [0.25, 0.3) is 0 Å². The zero-order valence-electron chi connectivity index (χ0n) is 12.1. The van der Waals surface area contributed by atoms with Gasteiger partial charge in [-0.1, -0.05) is 13.3 Å². The first-order valence-corrected chi connectivity index (χ1v) is 9.46. The van der Waals surface area contributed by atoms with Gasteiger partial charge in [0.15, 0.2) is 0 Å². The minimum Gasteiger partial charge on any atom is -0.317 e. The third kappa shape index (κ3) is 3.92. The highest BCUT2D eigenvalue weighted by Gasteiger charge is 2.40. The summed E-state index contributed by atoms with van der Waals surface area (Å²) in [4.78, 5) is 0. The van der Waals surface area contributed by atoms with Crippen molar-refractivity contribution in [2.24, 2.45) is 5.92 Å². The van der Waals surface area contributed by atoms with E-state index in [1.807, 2.05) is 4.31 Å². The molecule has 0 spiro atoms. The third-order valence-electron chi connectivity index (χ3n) is 4.48. The molecule has 0 aromatic heterocycles. The van der Waals surface area contributed by atoms with Crippen molar-refractivity contribution in [2.45, 2.75) is 57.9 Å². The first-order chi connectivity index (χ1) is 9.15. The van der Waals surface area contributed by atoms with Crippen LogP contribution in [0, 0.1) is 5.92 Å². The molecule has 0 amide bonds. The predicted octanol–water partition coefficient (Wildman–Crippen LogP) is 1.97. The van der Waals surface area contributed by atoms with E-state index >= 15 is 0 Å². The van der Waals surface area contributed by atoms with Gasteiger partial charge in [0.2, 0.25) is 10.0 Å². The van der Waals surface area contributed by atoms with E-state index in [-0.39, 0.29) is 0 Å². The van der Waals surface area contributed by atoms with Crippen LogP contribution in [0.4, 0.5) is 0 Å². The Kier molecular flexibility index (Phi) is 5.66. The average Bonchev–Trinajstić information content (AvgIpc) is 2.86. The van der Waals surface area contributed by atoms with E-state index in [2.05, 4.69) is 12.2 Å². The smallest absolute Gasteiger partial charge is 0.214 e. The fraction of sp³-hybridized carbons (Fsp3) is 1.00. The van der Waals surface area contributed by atoms with Crippen molar-refractivity contribution in [3.05, 3.63) is 0 Å². The first kappa shape index (κ1) is 15.3. The molecule has 0 radical (unpaired) electrons. The number of nitrogens with zero attached hydrogens (tertiary/aromatic N) is 1. The maximum Gasteiger partial charge on any atom is 0.214 e. The van der Waals surface area contributed by atoms with Crippen LogP contribution in [-0.4, -0.2) is 44.2 Å². The molecule has 1 aliphatic carbocycles. The van der Waals surface area contributed by atoms with Gasteiger partial charge in [0, 0.05) is 12.6 Å². The SMILES string of the molecule is CCCNCCCS(=O)(=O)N1CCCC2CCCC21. The molecule has 1 aliphatic heterocycles. The molecule has 1 N–H and O–H groups in total. The van der Waals surface area contributed by atoms with Gasteiger partial charge < -0.3 is 5.32 Å². The summed E-state index contributed by atoms with van der Waals surface area (Å²) in [6.07, 6.45) is 7.63. The van der Waals surface area contributed by atoms with Crippen LogP contribution in [0.3, 0.4) is 0 Å². The molecule has 0 aromatic rings. The second-order valence-corrected chi connectivity index (χ2v) is 7.97. The lowest BCUT2D eigenvalue weighted by Crippen LogP contribution is -2.47. The van der Waals surface area contributed by atoms with Gasteiger partial charge in [-0.3, -0.25) is 0 Å². The van der Waals surface area contributed by atoms with Gasteiger partial charge in [-0.2, -0.15) is 4.31 Å². The van der Waals surface area contributed by atoms with Gasteiger partial charge in [-0.25, -0.2) is 8.42 Å². The molecule has 0 aromatic carbocycles. The van der Waals surface area contributed by atoms with Crippen molar-refractivity contribution < 1.29 is 8.42 Å².